The third kappa shape index (κ3) is 5.14. The number of benzene rings is 5. The van der Waals surface area contributed by atoms with Crippen LogP contribution in [0.5, 0.6) is 0 Å². The monoisotopic (exact) mass is 434 g/mol. The summed E-state index contributed by atoms with van der Waals surface area (Å²) in [5, 5.41) is 0. The molecule has 0 spiro atoms. The summed E-state index contributed by atoms with van der Waals surface area (Å²) in [5.74, 6) is 0. The standard InChI is InChI=1S/C34H26/c1-5-13-27(14-6-1)21-23-31-25-34(30-19-11-4-12-20-30)32(24-22-28-15-7-2-8-16-28)26-33(31)29-17-9-3-10-18-29/h1-26H. The first-order valence-corrected chi connectivity index (χ1v) is 11.6. The maximum atomic E-state index is 2.32. The van der Waals surface area contributed by atoms with Crippen molar-refractivity contribution in [3.05, 3.63) is 156 Å². The van der Waals surface area contributed by atoms with Gasteiger partial charge in [0.15, 0.2) is 0 Å². The third-order valence-electron chi connectivity index (χ3n) is 5.90. The fourth-order valence-corrected chi connectivity index (χ4v) is 4.14. The average Bonchev–Trinajstić information content (AvgIpc) is 2.93. The van der Waals surface area contributed by atoms with Crippen LogP contribution < -0.4 is 0 Å². The fraction of sp³-hybridized carbons (Fsp3) is 0. The van der Waals surface area contributed by atoms with Crippen LogP contribution in [0.3, 0.4) is 0 Å². The zero-order chi connectivity index (χ0) is 23.0. The summed E-state index contributed by atoms with van der Waals surface area (Å²) in [4.78, 5) is 0. The van der Waals surface area contributed by atoms with Crippen molar-refractivity contribution in [2.75, 3.05) is 0 Å². The smallest absolute Gasteiger partial charge is 0.0105 e. The molecule has 162 valence electrons. The van der Waals surface area contributed by atoms with Gasteiger partial charge in [-0.15, -0.1) is 0 Å². The van der Waals surface area contributed by atoms with Crippen LogP contribution in [-0.2, 0) is 0 Å². The van der Waals surface area contributed by atoms with E-state index in [2.05, 4.69) is 146 Å². The SMILES string of the molecule is C(=Cc1cc(-c2ccccc2)c(C=Cc2ccccc2)cc1-c1ccccc1)c1ccccc1. The molecular weight excluding hydrogens is 408 g/mol. The molecule has 0 fully saturated rings. The van der Waals surface area contributed by atoms with Crippen molar-refractivity contribution in [1.82, 2.24) is 0 Å². The van der Waals surface area contributed by atoms with Crippen molar-refractivity contribution >= 4 is 24.3 Å². The average molecular weight is 435 g/mol. The summed E-state index contributed by atoms with van der Waals surface area (Å²) in [6.45, 7) is 0. The molecule has 0 nitrogen and oxygen atoms in total. The van der Waals surface area contributed by atoms with E-state index in [1.807, 2.05) is 12.1 Å². The van der Waals surface area contributed by atoms with Crippen LogP contribution in [0.2, 0.25) is 0 Å². The molecule has 0 amide bonds. The Morgan fingerprint density at radius 2 is 0.647 bits per heavy atom. The number of rotatable bonds is 6. The minimum absolute atomic E-state index is 1.19. The molecule has 0 bridgehead atoms. The number of hydrogen-bond acceptors (Lipinski definition) is 0. The maximum Gasteiger partial charge on any atom is -0.0105 e. The van der Waals surface area contributed by atoms with Gasteiger partial charge in [-0.05, 0) is 56.6 Å². The highest BCUT2D eigenvalue weighted by Crippen LogP contribution is 2.34. The van der Waals surface area contributed by atoms with Gasteiger partial charge in [0.2, 0.25) is 0 Å². The molecule has 0 heterocycles. The Hall–Kier alpha value is -4.42. The Kier molecular flexibility index (Phi) is 6.59. The summed E-state index contributed by atoms with van der Waals surface area (Å²) >= 11 is 0. The summed E-state index contributed by atoms with van der Waals surface area (Å²) in [5.41, 5.74) is 9.65. The van der Waals surface area contributed by atoms with Gasteiger partial charge < -0.3 is 0 Å². The van der Waals surface area contributed by atoms with E-state index >= 15 is 0 Å². The van der Waals surface area contributed by atoms with Crippen molar-refractivity contribution in [1.29, 1.82) is 0 Å². The molecule has 34 heavy (non-hydrogen) atoms. The van der Waals surface area contributed by atoms with E-state index in [0.717, 1.165) is 0 Å². The molecule has 0 saturated carbocycles. The van der Waals surface area contributed by atoms with Gasteiger partial charge >= 0.3 is 0 Å². The van der Waals surface area contributed by atoms with Crippen LogP contribution in [0, 0.1) is 0 Å². The van der Waals surface area contributed by atoms with Crippen molar-refractivity contribution in [2.24, 2.45) is 0 Å². The minimum Gasteiger partial charge on any atom is -0.0622 e. The second-order valence-electron chi connectivity index (χ2n) is 8.25. The second-order valence-corrected chi connectivity index (χ2v) is 8.25. The zero-order valence-electron chi connectivity index (χ0n) is 19.0. The highest BCUT2D eigenvalue weighted by molar-refractivity contribution is 5.90. The summed E-state index contributed by atoms with van der Waals surface area (Å²) < 4.78 is 0. The Morgan fingerprint density at radius 1 is 0.324 bits per heavy atom. The molecule has 0 unspecified atom stereocenters. The Morgan fingerprint density at radius 3 is 1.00 bits per heavy atom. The van der Waals surface area contributed by atoms with E-state index in [1.54, 1.807) is 0 Å². The van der Waals surface area contributed by atoms with Crippen LogP contribution >= 0.6 is 0 Å². The van der Waals surface area contributed by atoms with Gasteiger partial charge in [0, 0.05) is 0 Å². The minimum atomic E-state index is 1.19. The fourth-order valence-electron chi connectivity index (χ4n) is 4.14. The molecule has 5 aromatic rings. The lowest BCUT2D eigenvalue weighted by molar-refractivity contribution is 1.54. The molecule has 5 aromatic carbocycles. The Labute approximate surface area is 202 Å². The maximum absolute atomic E-state index is 2.32. The van der Waals surface area contributed by atoms with E-state index in [9.17, 15) is 0 Å². The zero-order valence-corrected chi connectivity index (χ0v) is 19.0. The van der Waals surface area contributed by atoms with Crippen molar-refractivity contribution in [3.63, 3.8) is 0 Å². The Bertz CT molecular complexity index is 1280. The Balaban J connectivity index is 1.69. The van der Waals surface area contributed by atoms with Gasteiger partial charge in [-0.25, -0.2) is 0 Å². The number of hydrogen-bond donors (Lipinski definition) is 0. The predicted molar refractivity (Wildman–Crippen MR) is 148 cm³/mol. The first-order valence-electron chi connectivity index (χ1n) is 11.6. The topological polar surface area (TPSA) is 0 Å². The van der Waals surface area contributed by atoms with Gasteiger partial charge in [-0.1, -0.05) is 146 Å². The van der Waals surface area contributed by atoms with Gasteiger partial charge in [0.25, 0.3) is 0 Å². The molecule has 0 N–H and O–H groups in total. The van der Waals surface area contributed by atoms with E-state index in [4.69, 9.17) is 0 Å². The second kappa shape index (κ2) is 10.5. The molecular formula is C34H26. The van der Waals surface area contributed by atoms with E-state index in [1.165, 1.54) is 44.5 Å². The first kappa shape index (κ1) is 21.4. The van der Waals surface area contributed by atoms with Crippen molar-refractivity contribution < 1.29 is 0 Å². The highest BCUT2D eigenvalue weighted by Gasteiger charge is 2.11. The quantitative estimate of drug-likeness (QED) is 0.234. The summed E-state index contributed by atoms with van der Waals surface area (Å²) in [6.07, 6.45) is 8.84. The van der Waals surface area contributed by atoms with E-state index < -0.39 is 0 Å². The lowest BCUT2D eigenvalue weighted by Gasteiger charge is -2.14. The van der Waals surface area contributed by atoms with Gasteiger partial charge in [-0.2, -0.15) is 0 Å². The summed E-state index contributed by atoms with van der Waals surface area (Å²) in [7, 11) is 0. The first-order chi connectivity index (χ1) is 16.9. The molecule has 5 rings (SSSR count). The van der Waals surface area contributed by atoms with E-state index in [-0.39, 0.29) is 0 Å². The van der Waals surface area contributed by atoms with E-state index in [0.29, 0.717) is 0 Å². The molecule has 0 aliphatic carbocycles. The summed E-state index contributed by atoms with van der Waals surface area (Å²) in [6, 6.07) is 46.8. The van der Waals surface area contributed by atoms with Gasteiger partial charge in [0.05, 0.1) is 0 Å². The predicted octanol–water partition coefficient (Wildman–Crippen LogP) is 9.36. The van der Waals surface area contributed by atoms with Crippen LogP contribution in [-0.4, -0.2) is 0 Å². The molecule has 0 heteroatoms. The largest absolute Gasteiger partial charge is 0.0622 e. The lowest BCUT2D eigenvalue weighted by Crippen LogP contribution is -1.91. The van der Waals surface area contributed by atoms with Crippen LogP contribution in [0.4, 0.5) is 0 Å². The molecule has 0 radical (unpaired) electrons. The molecule has 0 atom stereocenters. The van der Waals surface area contributed by atoms with Gasteiger partial charge in [-0.3, -0.25) is 0 Å². The molecule has 0 aliphatic rings. The van der Waals surface area contributed by atoms with Crippen LogP contribution in [0.25, 0.3) is 46.6 Å². The molecule has 0 aliphatic heterocycles. The van der Waals surface area contributed by atoms with Crippen molar-refractivity contribution in [2.45, 2.75) is 0 Å². The van der Waals surface area contributed by atoms with Gasteiger partial charge in [0.1, 0.15) is 0 Å². The molecule has 0 aromatic heterocycles. The van der Waals surface area contributed by atoms with Crippen molar-refractivity contribution in [3.8, 4) is 22.3 Å². The van der Waals surface area contributed by atoms with Crippen LogP contribution in [0.15, 0.2) is 133 Å². The third-order valence-corrected chi connectivity index (χ3v) is 5.90. The normalized spacial score (nSPS) is 11.3. The lowest BCUT2D eigenvalue weighted by atomic mass is 9.90. The highest BCUT2D eigenvalue weighted by atomic mass is 14.1. The molecule has 0 saturated heterocycles. The van der Waals surface area contributed by atoms with Crippen LogP contribution in [0.1, 0.15) is 22.3 Å².